The van der Waals surface area contributed by atoms with Crippen LogP contribution in [0.1, 0.15) is 43.7 Å². The molecule has 0 aliphatic heterocycles. The number of para-hydroxylation sites is 2. The number of methoxy groups -OCH3 is 1. The number of aryl methyl sites for hydroxylation is 1. The number of thioether (sulfide) groups is 1. The standard InChI is InChI=1S/C18H24N4O2S/c1-4-5-10-16-20-17(24-21-16)13(2)25-18-19-14-8-6-7-9-15(14)22(18)11-12-23-3/h6-9,13H,4-5,10-12H2,1-3H3. The van der Waals surface area contributed by atoms with E-state index in [1.54, 1.807) is 18.9 Å². The third-order valence-corrected chi connectivity index (χ3v) is 5.08. The van der Waals surface area contributed by atoms with E-state index in [0.717, 1.165) is 47.8 Å². The van der Waals surface area contributed by atoms with Crippen LogP contribution in [0.15, 0.2) is 33.9 Å². The molecule has 0 N–H and O–H groups in total. The van der Waals surface area contributed by atoms with Gasteiger partial charge in [0.2, 0.25) is 5.89 Å². The molecule has 3 aromatic rings. The van der Waals surface area contributed by atoms with Crippen LogP contribution in [0.25, 0.3) is 11.0 Å². The van der Waals surface area contributed by atoms with Gasteiger partial charge in [0.1, 0.15) is 0 Å². The summed E-state index contributed by atoms with van der Waals surface area (Å²) in [7, 11) is 1.71. The van der Waals surface area contributed by atoms with Gasteiger partial charge in [-0.2, -0.15) is 4.98 Å². The minimum atomic E-state index is 0.0426. The highest BCUT2D eigenvalue weighted by Crippen LogP contribution is 2.35. The van der Waals surface area contributed by atoms with Gasteiger partial charge in [-0.3, -0.25) is 0 Å². The number of hydrogen-bond donors (Lipinski definition) is 0. The van der Waals surface area contributed by atoms with E-state index in [4.69, 9.17) is 14.2 Å². The number of aromatic nitrogens is 4. The molecule has 0 saturated carbocycles. The van der Waals surface area contributed by atoms with E-state index in [0.29, 0.717) is 12.5 Å². The molecule has 0 spiro atoms. The summed E-state index contributed by atoms with van der Waals surface area (Å²) in [6, 6.07) is 8.15. The molecule has 7 heteroatoms. The molecule has 0 fully saturated rings. The summed E-state index contributed by atoms with van der Waals surface area (Å²) in [6.45, 7) is 5.63. The molecular formula is C18H24N4O2S. The topological polar surface area (TPSA) is 66.0 Å². The van der Waals surface area contributed by atoms with E-state index in [-0.39, 0.29) is 5.25 Å². The van der Waals surface area contributed by atoms with Gasteiger partial charge in [-0.05, 0) is 25.5 Å². The Morgan fingerprint density at radius 2 is 2.12 bits per heavy atom. The van der Waals surface area contributed by atoms with Gasteiger partial charge in [0.15, 0.2) is 11.0 Å². The van der Waals surface area contributed by atoms with Crippen LogP contribution >= 0.6 is 11.8 Å². The fourth-order valence-electron chi connectivity index (χ4n) is 2.62. The Hall–Kier alpha value is -1.86. The van der Waals surface area contributed by atoms with Crippen LogP contribution in [0.3, 0.4) is 0 Å². The predicted molar refractivity (Wildman–Crippen MR) is 98.8 cm³/mol. The smallest absolute Gasteiger partial charge is 0.239 e. The van der Waals surface area contributed by atoms with Crippen LogP contribution in [-0.4, -0.2) is 33.4 Å². The first-order valence-electron chi connectivity index (χ1n) is 8.66. The average molecular weight is 360 g/mol. The summed E-state index contributed by atoms with van der Waals surface area (Å²) in [5, 5.41) is 5.07. The zero-order chi connectivity index (χ0) is 17.6. The normalized spacial score (nSPS) is 12.8. The highest BCUT2D eigenvalue weighted by molar-refractivity contribution is 7.99. The summed E-state index contributed by atoms with van der Waals surface area (Å²) in [6.07, 6.45) is 3.06. The summed E-state index contributed by atoms with van der Waals surface area (Å²) < 4.78 is 12.9. The maximum Gasteiger partial charge on any atom is 0.239 e. The van der Waals surface area contributed by atoms with Crippen molar-refractivity contribution in [2.45, 2.75) is 50.1 Å². The van der Waals surface area contributed by atoms with Gasteiger partial charge in [0, 0.05) is 20.1 Å². The predicted octanol–water partition coefficient (Wildman–Crippen LogP) is 4.26. The zero-order valence-corrected chi connectivity index (χ0v) is 15.8. The molecule has 1 unspecified atom stereocenters. The quantitative estimate of drug-likeness (QED) is 0.531. The van der Waals surface area contributed by atoms with Crippen molar-refractivity contribution in [2.24, 2.45) is 0 Å². The first kappa shape index (κ1) is 17.9. The number of imidazole rings is 1. The van der Waals surface area contributed by atoms with Gasteiger partial charge in [0.05, 0.1) is 22.9 Å². The first-order valence-corrected chi connectivity index (χ1v) is 9.54. The largest absolute Gasteiger partial charge is 0.383 e. The van der Waals surface area contributed by atoms with Crippen molar-refractivity contribution in [2.75, 3.05) is 13.7 Å². The number of nitrogens with zero attached hydrogens (tertiary/aromatic N) is 4. The third-order valence-electron chi connectivity index (χ3n) is 4.01. The number of unbranched alkanes of at least 4 members (excludes halogenated alkanes) is 1. The second-order valence-electron chi connectivity index (χ2n) is 5.94. The van der Waals surface area contributed by atoms with E-state index in [1.807, 2.05) is 18.2 Å². The molecule has 0 aliphatic rings. The lowest BCUT2D eigenvalue weighted by Crippen LogP contribution is -2.06. The molecule has 0 aliphatic carbocycles. The van der Waals surface area contributed by atoms with Crippen molar-refractivity contribution >= 4 is 22.8 Å². The zero-order valence-electron chi connectivity index (χ0n) is 14.9. The highest BCUT2D eigenvalue weighted by Gasteiger charge is 2.20. The maximum absolute atomic E-state index is 5.45. The second-order valence-corrected chi connectivity index (χ2v) is 7.25. The molecule has 0 radical (unpaired) electrons. The van der Waals surface area contributed by atoms with Crippen LogP contribution in [0.2, 0.25) is 0 Å². The number of hydrogen-bond acceptors (Lipinski definition) is 6. The van der Waals surface area contributed by atoms with Crippen molar-refractivity contribution in [1.82, 2.24) is 19.7 Å². The Bertz CT molecular complexity index is 814. The minimum absolute atomic E-state index is 0.0426. The lowest BCUT2D eigenvalue weighted by atomic mass is 10.2. The minimum Gasteiger partial charge on any atom is -0.383 e. The van der Waals surface area contributed by atoms with E-state index in [2.05, 4.69) is 34.6 Å². The van der Waals surface area contributed by atoms with Gasteiger partial charge in [-0.1, -0.05) is 42.4 Å². The first-order chi connectivity index (χ1) is 12.2. The number of benzene rings is 1. The van der Waals surface area contributed by atoms with Crippen LogP contribution in [0, 0.1) is 0 Å². The third kappa shape index (κ3) is 4.22. The lowest BCUT2D eigenvalue weighted by Gasteiger charge is -2.10. The Kier molecular flexibility index (Phi) is 6.09. The fraction of sp³-hybridized carbons (Fsp3) is 0.500. The van der Waals surface area contributed by atoms with Crippen molar-refractivity contribution in [3.8, 4) is 0 Å². The Morgan fingerprint density at radius 1 is 1.28 bits per heavy atom. The van der Waals surface area contributed by atoms with E-state index >= 15 is 0 Å². The fourth-order valence-corrected chi connectivity index (χ4v) is 3.60. The summed E-state index contributed by atoms with van der Waals surface area (Å²) >= 11 is 1.64. The molecule has 1 aromatic carbocycles. The van der Waals surface area contributed by atoms with Gasteiger partial charge >= 0.3 is 0 Å². The molecule has 1 atom stereocenters. The molecule has 2 aromatic heterocycles. The van der Waals surface area contributed by atoms with E-state index in [9.17, 15) is 0 Å². The number of fused-ring (bicyclic) bond motifs is 1. The molecular weight excluding hydrogens is 336 g/mol. The molecule has 2 heterocycles. The molecule has 0 amide bonds. The molecule has 6 nitrogen and oxygen atoms in total. The van der Waals surface area contributed by atoms with Gasteiger partial charge in [0.25, 0.3) is 0 Å². The summed E-state index contributed by atoms with van der Waals surface area (Å²) in [5.41, 5.74) is 2.10. The van der Waals surface area contributed by atoms with Crippen molar-refractivity contribution in [1.29, 1.82) is 0 Å². The summed E-state index contributed by atoms with van der Waals surface area (Å²) in [4.78, 5) is 9.30. The van der Waals surface area contributed by atoms with Crippen molar-refractivity contribution in [3.63, 3.8) is 0 Å². The molecule has 134 valence electrons. The average Bonchev–Trinajstić information content (AvgIpc) is 3.23. The van der Waals surface area contributed by atoms with Gasteiger partial charge < -0.3 is 13.8 Å². The van der Waals surface area contributed by atoms with E-state index in [1.165, 1.54) is 0 Å². The van der Waals surface area contributed by atoms with Crippen LogP contribution in [-0.2, 0) is 17.7 Å². The number of rotatable bonds is 9. The molecule has 0 saturated heterocycles. The van der Waals surface area contributed by atoms with Crippen molar-refractivity contribution in [3.05, 3.63) is 36.0 Å². The summed E-state index contributed by atoms with van der Waals surface area (Å²) in [5.74, 6) is 1.44. The van der Waals surface area contributed by atoms with Crippen LogP contribution in [0.5, 0.6) is 0 Å². The van der Waals surface area contributed by atoms with Gasteiger partial charge in [-0.15, -0.1) is 0 Å². The number of ether oxygens (including phenoxy) is 1. The second kappa shape index (κ2) is 8.49. The van der Waals surface area contributed by atoms with Gasteiger partial charge in [-0.25, -0.2) is 4.98 Å². The monoisotopic (exact) mass is 360 g/mol. The SMILES string of the molecule is CCCCc1noc(C(C)Sc2nc3ccccc3n2CCOC)n1. The van der Waals surface area contributed by atoms with Crippen molar-refractivity contribution < 1.29 is 9.26 Å². The Balaban J connectivity index is 1.80. The molecule has 25 heavy (non-hydrogen) atoms. The van der Waals surface area contributed by atoms with Crippen LogP contribution in [0.4, 0.5) is 0 Å². The molecule has 0 bridgehead atoms. The van der Waals surface area contributed by atoms with Crippen LogP contribution < -0.4 is 0 Å². The molecule has 3 rings (SSSR count). The maximum atomic E-state index is 5.45. The Labute approximate surface area is 152 Å². The lowest BCUT2D eigenvalue weighted by molar-refractivity contribution is 0.186. The highest BCUT2D eigenvalue weighted by atomic mass is 32.2. The van der Waals surface area contributed by atoms with E-state index < -0.39 is 0 Å². The Morgan fingerprint density at radius 3 is 2.92 bits per heavy atom.